The van der Waals surface area contributed by atoms with Gasteiger partial charge in [0, 0.05) is 37.5 Å². The van der Waals surface area contributed by atoms with Crippen molar-refractivity contribution in [2.24, 2.45) is 0 Å². The second-order valence-corrected chi connectivity index (χ2v) is 16.0. The maximum absolute atomic E-state index is 11.0. The highest BCUT2D eigenvalue weighted by Gasteiger charge is 2.47. The van der Waals surface area contributed by atoms with Crippen LogP contribution >= 0.6 is 0 Å². The van der Waals surface area contributed by atoms with E-state index >= 15 is 0 Å². The van der Waals surface area contributed by atoms with Gasteiger partial charge in [-0.2, -0.15) is 0 Å². The largest absolute Gasteiger partial charge is 0.428 e. The second kappa shape index (κ2) is 8.98. The minimum atomic E-state index is -1.17. The van der Waals surface area contributed by atoms with Gasteiger partial charge in [-0.05, 0) is 33.1 Å². The van der Waals surface area contributed by atoms with Crippen LogP contribution in [-0.4, -0.2) is 57.1 Å². The summed E-state index contributed by atoms with van der Waals surface area (Å²) in [6.45, 7) is 14.0. The molecule has 0 spiro atoms. The molecule has 0 saturated heterocycles. The Hall–Kier alpha value is 0.531. The second-order valence-electron chi connectivity index (χ2n) is 7.65. The first-order chi connectivity index (χ1) is 9.50. The smallest absolute Gasteiger partial charge is 0.139 e. The minimum Gasteiger partial charge on any atom is -0.428 e. The molecule has 127 valence electrons. The molecule has 0 aliphatic carbocycles. The Morgan fingerprint density at radius 1 is 1.29 bits per heavy atom. The van der Waals surface area contributed by atoms with Crippen molar-refractivity contribution in [1.82, 2.24) is 0 Å². The van der Waals surface area contributed by atoms with Gasteiger partial charge in [-0.3, -0.25) is 0 Å². The molecule has 1 N–H and O–H groups in total. The number of hydrogen-bond donors (Lipinski definition) is 1. The Bertz CT molecular complexity index is 292. The number of aliphatic hydroxyl groups is 1. The monoisotopic (exact) mass is 349 g/mol. The van der Waals surface area contributed by atoms with Crippen molar-refractivity contribution in [3.05, 3.63) is 5.92 Å². The third-order valence-electron chi connectivity index (χ3n) is 4.66. The van der Waals surface area contributed by atoms with Gasteiger partial charge in [0.1, 0.15) is 9.28 Å². The van der Waals surface area contributed by atoms with Crippen molar-refractivity contribution in [3.8, 4) is 0 Å². The molecule has 0 aliphatic heterocycles. The van der Waals surface area contributed by atoms with Crippen LogP contribution in [0.2, 0.25) is 25.7 Å². The van der Waals surface area contributed by atoms with E-state index in [0.717, 1.165) is 31.9 Å². The zero-order chi connectivity index (χ0) is 16.7. The highest BCUT2D eigenvalue weighted by Crippen LogP contribution is 2.40. The summed E-state index contributed by atoms with van der Waals surface area (Å²) < 4.78 is 11.4. The van der Waals surface area contributed by atoms with Gasteiger partial charge in [-0.15, -0.1) is 0 Å². The summed E-state index contributed by atoms with van der Waals surface area (Å²) in [4.78, 5) is 0. The Balaban J connectivity index is 4.72. The van der Waals surface area contributed by atoms with Gasteiger partial charge in [0.2, 0.25) is 0 Å². The molecule has 0 saturated carbocycles. The highest BCUT2D eigenvalue weighted by molar-refractivity contribution is 6.85. The molecule has 0 bridgehead atoms. The molecule has 0 fully saturated rings. The van der Waals surface area contributed by atoms with Crippen molar-refractivity contribution >= 4 is 27.1 Å². The number of rotatable bonds is 11. The molecular weight excluding hydrogens is 312 g/mol. The minimum absolute atomic E-state index is 0.168. The zero-order valence-corrected chi connectivity index (χ0v) is 19.9. The molecule has 0 aliphatic rings. The van der Waals surface area contributed by atoms with Crippen LogP contribution in [0.4, 0.5) is 0 Å². The maximum Gasteiger partial charge on any atom is 0.139 e. The summed E-state index contributed by atoms with van der Waals surface area (Å²) in [6, 6.07) is 1.11. The fraction of sp³-hybridized carbons (Fsp3) is 0.933. The average Bonchev–Trinajstić information content (AvgIpc) is 2.39. The Morgan fingerprint density at radius 2 is 1.86 bits per heavy atom. The summed E-state index contributed by atoms with van der Waals surface area (Å²) in [5.41, 5.74) is -1.40. The molecule has 0 heterocycles. The lowest BCUT2D eigenvalue weighted by molar-refractivity contribution is -0.144. The first kappa shape index (κ1) is 21.5. The van der Waals surface area contributed by atoms with E-state index in [1.165, 1.54) is 15.7 Å². The van der Waals surface area contributed by atoms with Crippen LogP contribution in [0.25, 0.3) is 0 Å². The van der Waals surface area contributed by atoms with Gasteiger partial charge in [0.15, 0.2) is 0 Å². The Morgan fingerprint density at radius 3 is 2.29 bits per heavy atom. The van der Waals surface area contributed by atoms with Crippen LogP contribution in [0.15, 0.2) is 0 Å². The van der Waals surface area contributed by atoms with Crippen molar-refractivity contribution in [2.75, 3.05) is 13.7 Å². The SMILES string of the molecule is COC(C)([C](C)CCCO[SiH2][SiH3])C(C)(O)CC[Si](C)(C)C. The van der Waals surface area contributed by atoms with Gasteiger partial charge >= 0.3 is 0 Å². The number of hydrogen-bond acceptors (Lipinski definition) is 3. The normalized spacial score (nSPS) is 19.3. The molecule has 0 aromatic rings. The summed E-state index contributed by atoms with van der Waals surface area (Å²) in [7, 11) is 1.61. The molecule has 0 amide bonds. The summed E-state index contributed by atoms with van der Waals surface area (Å²) >= 11 is 0. The molecule has 0 rings (SSSR count). The van der Waals surface area contributed by atoms with E-state index in [9.17, 15) is 5.11 Å². The number of methoxy groups -OCH3 is 1. The van der Waals surface area contributed by atoms with Crippen molar-refractivity contribution in [3.63, 3.8) is 0 Å². The van der Waals surface area contributed by atoms with Crippen molar-refractivity contribution in [2.45, 2.75) is 76.9 Å². The molecule has 0 aromatic carbocycles. The molecule has 21 heavy (non-hydrogen) atoms. The van der Waals surface area contributed by atoms with E-state index in [1.807, 2.05) is 13.8 Å². The molecule has 3 nitrogen and oxygen atoms in total. The molecule has 2 atom stereocenters. The molecule has 1 radical (unpaired) electrons. The summed E-state index contributed by atoms with van der Waals surface area (Å²) in [5.74, 6) is 1.23. The summed E-state index contributed by atoms with van der Waals surface area (Å²) in [5, 5.41) is 11.0. The molecule has 0 aromatic heterocycles. The molecule has 2 unspecified atom stereocenters. The van der Waals surface area contributed by atoms with Crippen molar-refractivity contribution in [1.29, 1.82) is 0 Å². The average molecular weight is 350 g/mol. The standard InChI is InChI=1S/C15H37O3Si3/c1-13(9-8-11-18-20-19)15(3,17-4)14(2,16)10-12-21(5,6)7/h16H,8-12,20H2,1-7,19H3. The van der Waals surface area contributed by atoms with E-state index < -0.39 is 19.3 Å². The lowest BCUT2D eigenvalue weighted by atomic mass is 9.73. The Kier molecular flexibility index (Phi) is 9.21. The van der Waals surface area contributed by atoms with Gasteiger partial charge < -0.3 is 14.3 Å². The lowest BCUT2D eigenvalue weighted by Crippen LogP contribution is -2.55. The molecular formula is C15H37O3Si3. The van der Waals surface area contributed by atoms with E-state index in [2.05, 4.69) is 26.6 Å². The van der Waals surface area contributed by atoms with Crippen LogP contribution in [0.5, 0.6) is 0 Å². The van der Waals surface area contributed by atoms with Crippen LogP contribution in [0.3, 0.4) is 0 Å². The maximum atomic E-state index is 11.0. The third kappa shape index (κ3) is 7.09. The summed E-state index contributed by atoms with van der Waals surface area (Å²) in [6.07, 6.45) is 2.79. The fourth-order valence-corrected chi connectivity index (χ4v) is 5.13. The van der Waals surface area contributed by atoms with Crippen LogP contribution in [0.1, 0.15) is 40.0 Å². The first-order valence-electron chi connectivity index (χ1n) is 8.18. The first-order valence-corrected chi connectivity index (χ1v) is 18.1. The third-order valence-corrected chi connectivity index (χ3v) is 8.33. The highest BCUT2D eigenvalue weighted by atomic mass is 29.1. The molecule has 6 heteroatoms. The lowest BCUT2D eigenvalue weighted by Gasteiger charge is -2.46. The van der Waals surface area contributed by atoms with Gasteiger partial charge in [-0.1, -0.05) is 32.6 Å². The van der Waals surface area contributed by atoms with Gasteiger partial charge in [-0.25, -0.2) is 0 Å². The van der Waals surface area contributed by atoms with E-state index in [4.69, 9.17) is 9.16 Å². The van der Waals surface area contributed by atoms with E-state index in [1.54, 1.807) is 7.11 Å². The topological polar surface area (TPSA) is 38.7 Å². The predicted octanol–water partition coefficient (Wildman–Crippen LogP) is 1.63. The van der Waals surface area contributed by atoms with Crippen molar-refractivity contribution < 1.29 is 14.3 Å². The van der Waals surface area contributed by atoms with Gasteiger partial charge in [0.05, 0.1) is 11.2 Å². The van der Waals surface area contributed by atoms with E-state index in [-0.39, 0.29) is 9.28 Å². The van der Waals surface area contributed by atoms with Crippen LogP contribution < -0.4 is 0 Å². The zero-order valence-electron chi connectivity index (χ0n) is 15.5. The number of ether oxygens (including phenoxy) is 1. The Labute approximate surface area is 138 Å². The van der Waals surface area contributed by atoms with Crippen LogP contribution in [-0.2, 0) is 9.16 Å². The van der Waals surface area contributed by atoms with E-state index in [0.29, 0.717) is 0 Å². The quantitative estimate of drug-likeness (QED) is 0.455. The van der Waals surface area contributed by atoms with Gasteiger partial charge in [0.25, 0.3) is 0 Å². The predicted molar refractivity (Wildman–Crippen MR) is 101 cm³/mol. The van der Waals surface area contributed by atoms with Crippen LogP contribution in [0, 0.1) is 5.92 Å². The fourth-order valence-electron chi connectivity index (χ4n) is 2.53.